The molecule has 3 rings (SSSR count). The van der Waals surface area contributed by atoms with Gasteiger partial charge in [-0.25, -0.2) is 4.98 Å². The second kappa shape index (κ2) is 6.86. The Morgan fingerprint density at radius 1 is 1.50 bits per heavy atom. The van der Waals surface area contributed by atoms with Gasteiger partial charge in [-0.3, -0.25) is 9.59 Å². The Labute approximate surface area is 138 Å². The third kappa shape index (κ3) is 3.47. The van der Waals surface area contributed by atoms with Gasteiger partial charge in [-0.1, -0.05) is 0 Å². The van der Waals surface area contributed by atoms with E-state index < -0.39 is 0 Å². The van der Waals surface area contributed by atoms with Crippen molar-refractivity contribution < 1.29 is 14.1 Å². The summed E-state index contributed by atoms with van der Waals surface area (Å²) in [6.07, 6.45) is 2.46. The van der Waals surface area contributed by atoms with E-state index >= 15 is 0 Å². The molecule has 1 aliphatic rings. The monoisotopic (exact) mass is 332 g/mol. The van der Waals surface area contributed by atoms with Crippen LogP contribution in [0.3, 0.4) is 0 Å². The van der Waals surface area contributed by atoms with E-state index in [0.717, 1.165) is 12.8 Å². The zero-order chi connectivity index (χ0) is 17.1. The fourth-order valence-corrected chi connectivity index (χ4v) is 2.99. The Morgan fingerprint density at radius 2 is 2.33 bits per heavy atom. The van der Waals surface area contributed by atoms with Crippen molar-refractivity contribution in [1.82, 2.24) is 20.0 Å². The van der Waals surface area contributed by atoms with Crippen LogP contribution >= 0.6 is 0 Å². The van der Waals surface area contributed by atoms with Crippen LogP contribution in [0.2, 0.25) is 0 Å². The van der Waals surface area contributed by atoms with E-state index in [1.54, 1.807) is 17.9 Å². The van der Waals surface area contributed by atoms with Crippen molar-refractivity contribution in [2.45, 2.75) is 38.6 Å². The van der Waals surface area contributed by atoms with Crippen molar-refractivity contribution in [2.75, 3.05) is 13.7 Å². The molecule has 128 valence electrons. The van der Waals surface area contributed by atoms with Crippen molar-refractivity contribution >= 4 is 5.91 Å². The Balaban J connectivity index is 1.68. The van der Waals surface area contributed by atoms with Gasteiger partial charge in [0.05, 0.1) is 13.2 Å². The summed E-state index contributed by atoms with van der Waals surface area (Å²) >= 11 is 0. The summed E-state index contributed by atoms with van der Waals surface area (Å²) in [6.45, 7) is 2.44. The molecule has 1 N–H and O–H groups in total. The lowest BCUT2D eigenvalue weighted by atomic mass is 10.1. The minimum absolute atomic E-state index is 0.0111. The maximum Gasteiger partial charge on any atom is 0.254 e. The molecule has 0 unspecified atom stereocenters. The first-order chi connectivity index (χ1) is 11.6. The third-order valence-electron chi connectivity index (χ3n) is 4.11. The van der Waals surface area contributed by atoms with Gasteiger partial charge >= 0.3 is 0 Å². The highest BCUT2D eigenvalue weighted by Gasteiger charge is 2.31. The Kier molecular flexibility index (Phi) is 4.64. The molecule has 0 radical (unpaired) electrons. The fourth-order valence-electron chi connectivity index (χ4n) is 2.99. The zero-order valence-electron chi connectivity index (χ0n) is 13.7. The lowest BCUT2D eigenvalue weighted by Gasteiger charge is -2.24. The number of nitrogens with zero attached hydrogens (tertiary/aromatic N) is 3. The molecule has 24 heavy (non-hydrogen) atoms. The first-order valence-electron chi connectivity index (χ1n) is 7.93. The van der Waals surface area contributed by atoms with Gasteiger partial charge in [-0.15, -0.1) is 0 Å². The Bertz CT molecular complexity index is 782. The molecule has 0 saturated carbocycles. The highest BCUT2D eigenvalue weighted by Crippen LogP contribution is 2.30. The molecule has 1 fully saturated rings. The van der Waals surface area contributed by atoms with Gasteiger partial charge < -0.3 is 19.1 Å². The summed E-state index contributed by atoms with van der Waals surface area (Å²) < 4.78 is 10.1. The minimum Gasteiger partial charge on any atom is -0.479 e. The van der Waals surface area contributed by atoms with Crippen molar-refractivity contribution in [3.8, 4) is 5.88 Å². The number of likely N-dealkylation sites (tertiary alicyclic amines) is 1. The molecule has 1 amide bonds. The van der Waals surface area contributed by atoms with E-state index in [0.29, 0.717) is 42.5 Å². The summed E-state index contributed by atoms with van der Waals surface area (Å²) in [5, 5.41) is 3.72. The average Bonchev–Trinajstić information content (AvgIpc) is 3.20. The predicted molar refractivity (Wildman–Crippen MR) is 84.7 cm³/mol. The molecule has 3 heterocycles. The van der Waals surface area contributed by atoms with Crippen LogP contribution in [0.25, 0.3) is 0 Å². The number of hydrogen-bond acceptors (Lipinski definition) is 6. The molecular formula is C16H20N4O4. The Morgan fingerprint density at radius 3 is 3.04 bits per heavy atom. The van der Waals surface area contributed by atoms with Crippen molar-refractivity contribution in [3.63, 3.8) is 0 Å². The van der Waals surface area contributed by atoms with Gasteiger partial charge in [0, 0.05) is 37.2 Å². The number of aromatic nitrogens is 3. The summed E-state index contributed by atoms with van der Waals surface area (Å²) in [6, 6.07) is 2.95. The summed E-state index contributed by atoms with van der Waals surface area (Å²) in [7, 11) is 1.51. The smallest absolute Gasteiger partial charge is 0.254 e. The lowest BCUT2D eigenvalue weighted by Crippen LogP contribution is -2.32. The highest BCUT2D eigenvalue weighted by atomic mass is 16.5. The van der Waals surface area contributed by atoms with Gasteiger partial charge in [0.2, 0.25) is 5.91 Å². The number of H-pyrrole nitrogens is 1. The molecule has 0 aromatic carbocycles. The van der Waals surface area contributed by atoms with Gasteiger partial charge in [0.25, 0.3) is 11.4 Å². The number of carbonyl (C=O) groups excluding carboxylic acids is 1. The molecule has 0 spiro atoms. The topological polar surface area (TPSA) is 101 Å². The van der Waals surface area contributed by atoms with Crippen LogP contribution in [-0.2, 0) is 11.2 Å². The largest absolute Gasteiger partial charge is 0.479 e. The van der Waals surface area contributed by atoms with E-state index in [-0.39, 0.29) is 17.5 Å². The maximum atomic E-state index is 12.6. The standard InChI is InChI=1S/C16H20N4O4/c1-10-8-13(21)18-16(17-10)12-4-3-7-20(12)15(22)6-5-11-9-14(23-2)19-24-11/h8-9,12H,3-7H2,1-2H3,(H,17,18,21)/t12-/m0/s1. The summed E-state index contributed by atoms with van der Waals surface area (Å²) in [5.74, 6) is 1.58. The van der Waals surface area contributed by atoms with Crippen LogP contribution in [0.4, 0.5) is 0 Å². The number of nitrogens with one attached hydrogen (secondary N) is 1. The summed E-state index contributed by atoms with van der Waals surface area (Å²) in [5.41, 5.74) is 0.465. The number of methoxy groups -OCH3 is 1. The molecule has 8 heteroatoms. The van der Waals surface area contributed by atoms with E-state index in [2.05, 4.69) is 15.1 Å². The minimum atomic E-state index is -0.189. The van der Waals surface area contributed by atoms with Gasteiger partial charge in [0.1, 0.15) is 11.6 Å². The third-order valence-corrected chi connectivity index (χ3v) is 4.11. The van der Waals surface area contributed by atoms with E-state index in [1.807, 2.05) is 0 Å². The molecule has 1 atom stereocenters. The lowest BCUT2D eigenvalue weighted by molar-refractivity contribution is -0.132. The van der Waals surface area contributed by atoms with Crippen LogP contribution in [0.1, 0.15) is 42.6 Å². The number of aryl methyl sites for hydroxylation is 2. The second-order valence-corrected chi connectivity index (χ2v) is 5.85. The van der Waals surface area contributed by atoms with E-state index in [1.165, 1.54) is 13.2 Å². The quantitative estimate of drug-likeness (QED) is 0.887. The molecule has 2 aromatic rings. The molecule has 1 aliphatic heterocycles. The zero-order valence-corrected chi connectivity index (χ0v) is 13.7. The first kappa shape index (κ1) is 16.2. The number of aromatic amines is 1. The van der Waals surface area contributed by atoms with Crippen LogP contribution < -0.4 is 10.3 Å². The van der Waals surface area contributed by atoms with Crippen LogP contribution in [-0.4, -0.2) is 39.6 Å². The summed E-state index contributed by atoms with van der Waals surface area (Å²) in [4.78, 5) is 33.1. The molecule has 2 aromatic heterocycles. The molecule has 0 aliphatic carbocycles. The van der Waals surface area contributed by atoms with Crippen molar-refractivity contribution in [2.24, 2.45) is 0 Å². The number of carbonyl (C=O) groups is 1. The van der Waals surface area contributed by atoms with Crippen LogP contribution in [0.5, 0.6) is 5.88 Å². The van der Waals surface area contributed by atoms with Gasteiger partial charge in [-0.05, 0) is 24.9 Å². The second-order valence-electron chi connectivity index (χ2n) is 5.85. The van der Waals surface area contributed by atoms with E-state index in [9.17, 15) is 9.59 Å². The highest BCUT2D eigenvalue weighted by molar-refractivity contribution is 5.77. The fraction of sp³-hybridized carbons (Fsp3) is 0.500. The normalized spacial score (nSPS) is 17.2. The van der Waals surface area contributed by atoms with Gasteiger partial charge in [0.15, 0.2) is 0 Å². The van der Waals surface area contributed by atoms with Crippen molar-refractivity contribution in [1.29, 1.82) is 0 Å². The maximum absolute atomic E-state index is 12.6. The predicted octanol–water partition coefficient (Wildman–Crippen LogP) is 1.37. The molecular weight excluding hydrogens is 312 g/mol. The van der Waals surface area contributed by atoms with Crippen molar-refractivity contribution in [3.05, 3.63) is 39.8 Å². The molecule has 1 saturated heterocycles. The van der Waals surface area contributed by atoms with Gasteiger partial charge in [-0.2, -0.15) is 0 Å². The molecule has 0 bridgehead atoms. The number of ether oxygens (including phenoxy) is 1. The first-order valence-corrected chi connectivity index (χ1v) is 7.93. The van der Waals surface area contributed by atoms with Crippen LogP contribution in [0, 0.1) is 6.92 Å². The number of amides is 1. The SMILES string of the molecule is COc1cc(CCC(=O)N2CCC[C@H]2c2nc(C)cc(=O)[nH]2)on1. The molecule has 8 nitrogen and oxygen atoms in total. The van der Waals surface area contributed by atoms with E-state index in [4.69, 9.17) is 9.26 Å². The van der Waals surface area contributed by atoms with Crippen LogP contribution in [0.15, 0.2) is 21.5 Å². The number of rotatable bonds is 5. The number of hydrogen-bond donors (Lipinski definition) is 1. The Hall–Kier alpha value is -2.64. The average molecular weight is 332 g/mol.